The molecule has 21 heavy (non-hydrogen) atoms. The molecule has 0 radical (unpaired) electrons. The molecule has 1 aromatic carbocycles. The SMILES string of the molecule is NC1CCCC1C(=O)NC(CCC(=O)O)c1ccccc1. The van der Waals surface area contributed by atoms with Gasteiger partial charge in [0.05, 0.1) is 12.0 Å². The summed E-state index contributed by atoms with van der Waals surface area (Å²) in [6, 6.07) is 9.12. The van der Waals surface area contributed by atoms with Crippen LogP contribution in [0.1, 0.15) is 43.7 Å². The lowest BCUT2D eigenvalue weighted by atomic mass is 9.98. The van der Waals surface area contributed by atoms with Crippen LogP contribution >= 0.6 is 0 Å². The number of nitrogens with two attached hydrogens (primary N) is 1. The summed E-state index contributed by atoms with van der Waals surface area (Å²) in [7, 11) is 0. The molecule has 0 spiro atoms. The van der Waals surface area contributed by atoms with E-state index < -0.39 is 5.97 Å². The first-order chi connectivity index (χ1) is 10.1. The third kappa shape index (κ3) is 4.29. The fraction of sp³-hybridized carbons (Fsp3) is 0.500. The van der Waals surface area contributed by atoms with Crippen LogP contribution in [0.15, 0.2) is 30.3 Å². The van der Waals surface area contributed by atoms with Gasteiger partial charge in [0.1, 0.15) is 0 Å². The smallest absolute Gasteiger partial charge is 0.303 e. The van der Waals surface area contributed by atoms with Gasteiger partial charge in [-0.2, -0.15) is 0 Å². The number of carbonyl (C=O) groups is 2. The monoisotopic (exact) mass is 290 g/mol. The fourth-order valence-electron chi connectivity index (χ4n) is 2.87. The van der Waals surface area contributed by atoms with Gasteiger partial charge in [0.25, 0.3) is 0 Å². The average molecular weight is 290 g/mol. The Morgan fingerprint density at radius 2 is 2.00 bits per heavy atom. The highest BCUT2D eigenvalue weighted by molar-refractivity contribution is 5.80. The number of carboxylic acid groups (broad SMARTS) is 1. The summed E-state index contributed by atoms with van der Waals surface area (Å²) in [5, 5.41) is 11.8. The quantitative estimate of drug-likeness (QED) is 0.745. The van der Waals surface area contributed by atoms with E-state index in [0.717, 1.165) is 24.8 Å². The highest BCUT2D eigenvalue weighted by Crippen LogP contribution is 2.26. The van der Waals surface area contributed by atoms with Gasteiger partial charge in [-0.1, -0.05) is 36.8 Å². The molecule has 1 amide bonds. The lowest BCUT2D eigenvalue weighted by Gasteiger charge is -2.22. The zero-order valence-electron chi connectivity index (χ0n) is 12.0. The van der Waals surface area contributed by atoms with Crippen molar-refractivity contribution in [3.63, 3.8) is 0 Å². The summed E-state index contributed by atoms with van der Waals surface area (Å²) in [6.45, 7) is 0. The molecule has 1 saturated carbocycles. The normalized spacial score (nSPS) is 22.7. The third-order valence-electron chi connectivity index (χ3n) is 4.07. The lowest BCUT2D eigenvalue weighted by Crippen LogP contribution is -2.40. The maximum Gasteiger partial charge on any atom is 0.303 e. The summed E-state index contributed by atoms with van der Waals surface area (Å²) in [6.07, 6.45) is 3.07. The van der Waals surface area contributed by atoms with E-state index in [1.54, 1.807) is 0 Å². The van der Waals surface area contributed by atoms with Gasteiger partial charge in [-0.25, -0.2) is 0 Å². The van der Waals surface area contributed by atoms with Gasteiger partial charge < -0.3 is 16.2 Å². The Morgan fingerprint density at radius 3 is 2.57 bits per heavy atom. The summed E-state index contributed by atoms with van der Waals surface area (Å²) in [5.74, 6) is -1.07. The Kier molecular flexibility index (Phi) is 5.33. The highest BCUT2D eigenvalue weighted by atomic mass is 16.4. The number of aliphatic carboxylic acids is 1. The molecule has 5 heteroatoms. The summed E-state index contributed by atoms with van der Waals surface area (Å²) in [5.41, 5.74) is 6.89. The van der Waals surface area contributed by atoms with Crippen molar-refractivity contribution in [1.29, 1.82) is 0 Å². The molecule has 0 aromatic heterocycles. The van der Waals surface area contributed by atoms with E-state index in [1.807, 2.05) is 30.3 Å². The second-order valence-electron chi connectivity index (χ2n) is 5.61. The van der Waals surface area contributed by atoms with Crippen molar-refractivity contribution in [1.82, 2.24) is 5.32 Å². The van der Waals surface area contributed by atoms with Gasteiger partial charge >= 0.3 is 5.97 Å². The van der Waals surface area contributed by atoms with Gasteiger partial charge in [0, 0.05) is 12.5 Å². The molecular weight excluding hydrogens is 268 g/mol. The Hall–Kier alpha value is -1.88. The van der Waals surface area contributed by atoms with E-state index in [0.29, 0.717) is 6.42 Å². The number of carboxylic acids is 1. The van der Waals surface area contributed by atoms with Crippen LogP contribution in [0.3, 0.4) is 0 Å². The second-order valence-corrected chi connectivity index (χ2v) is 5.61. The van der Waals surface area contributed by atoms with Crippen molar-refractivity contribution < 1.29 is 14.7 Å². The maximum absolute atomic E-state index is 12.3. The highest BCUT2D eigenvalue weighted by Gasteiger charge is 2.31. The van der Waals surface area contributed by atoms with Crippen LogP contribution in [0.5, 0.6) is 0 Å². The van der Waals surface area contributed by atoms with Gasteiger partial charge in [-0.3, -0.25) is 9.59 Å². The molecule has 1 aliphatic carbocycles. The van der Waals surface area contributed by atoms with Crippen LogP contribution < -0.4 is 11.1 Å². The van der Waals surface area contributed by atoms with Crippen molar-refractivity contribution in [2.24, 2.45) is 11.7 Å². The molecule has 0 bridgehead atoms. The number of amides is 1. The van der Waals surface area contributed by atoms with Crippen LogP contribution in [-0.2, 0) is 9.59 Å². The minimum absolute atomic E-state index is 0.0244. The number of rotatable bonds is 6. The minimum Gasteiger partial charge on any atom is -0.481 e. The Morgan fingerprint density at radius 1 is 1.29 bits per heavy atom. The maximum atomic E-state index is 12.3. The Bertz CT molecular complexity index is 490. The predicted octanol–water partition coefficient (Wildman–Crippen LogP) is 1.84. The van der Waals surface area contributed by atoms with E-state index in [2.05, 4.69) is 5.32 Å². The second kappa shape index (κ2) is 7.22. The largest absolute Gasteiger partial charge is 0.481 e. The molecule has 0 heterocycles. The molecule has 3 atom stereocenters. The molecule has 114 valence electrons. The van der Waals surface area contributed by atoms with Crippen LogP contribution in [0, 0.1) is 5.92 Å². The summed E-state index contributed by atoms with van der Waals surface area (Å²) >= 11 is 0. The number of hydrogen-bond donors (Lipinski definition) is 3. The first kappa shape index (κ1) is 15.5. The van der Waals surface area contributed by atoms with Crippen LogP contribution in [0.4, 0.5) is 0 Å². The first-order valence-electron chi connectivity index (χ1n) is 7.40. The van der Waals surface area contributed by atoms with E-state index in [9.17, 15) is 9.59 Å². The molecule has 1 aliphatic rings. The van der Waals surface area contributed by atoms with Crippen molar-refractivity contribution in [2.75, 3.05) is 0 Å². The van der Waals surface area contributed by atoms with Gasteiger partial charge in [0.2, 0.25) is 5.91 Å². The van der Waals surface area contributed by atoms with Gasteiger partial charge in [0.15, 0.2) is 0 Å². The molecule has 0 aliphatic heterocycles. The number of nitrogens with one attached hydrogen (secondary N) is 1. The van der Waals surface area contributed by atoms with E-state index in [4.69, 9.17) is 10.8 Å². The standard InChI is InChI=1S/C16H22N2O3/c17-13-8-4-7-12(13)16(21)18-14(9-10-15(19)20)11-5-2-1-3-6-11/h1-3,5-6,12-14H,4,7-10,17H2,(H,18,21)(H,19,20). The van der Waals surface area contributed by atoms with E-state index in [-0.39, 0.29) is 30.3 Å². The molecule has 4 N–H and O–H groups in total. The van der Waals surface area contributed by atoms with Crippen molar-refractivity contribution in [3.8, 4) is 0 Å². The third-order valence-corrected chi connectivity index (χ3v) is 4.07. The molecule has 3 unspecified atom stereocenters. The first-order valence-corrected chi connectivity index (χ1v) is 7.40. The molecular formula is C16H22N2O3. The molecule has 5 nitrogen and oxygen atoms in total. The molecule has 0 saturated heterocycles. The average Bonchev–Trinajstić information content (AvgIpc) is 2.90. The van der Waals surface area contributed by atoms with Crippen LogP contribution in [-0.4, -0.2) is 23.0 Å². The lowest BCUT2D eigenvalue weighted by molar-refractivity contribution is -0.137. The number of benzene rings is 1. The fourth-order valence-corrected chi connectivity index (χ4v) is 2.87. The van der Waals surface area contributed by atoms with E-state index in [1.165, 1.54) is 0 Å². The summed E-state index contributed by atoms with van der Waals surface area (Å²) < 4.78 is 0. The zero-order chi connectivity index (χ0) is 15.2. The number of hydrogen-bond acceptors (Lipinski definition) is 3. The molecule has 1 fully saturated rings. The Labute approximate surface area is 124 Å². The van der Waals surface area contributed by atoms with Crippen molar-refractivity contribution in [2.45, 2.75) is 44.2 Å². The molecule has 1 aromatic rings. The zero-order valence-corrected chi connectivity index (χ0v) is 12.0. The van der Waals surface area contributed by atoms with Crippen LogP contribution in [0.25, 0.3) is 0 Å². The summed E-state index contributed by atoms with van der Waals surface area (Å²) in [4.78, 5) is 23.1. The predicted molar refractivity (Wildman–Crippen MR) is 79.5 cm³/mol. The van der Waals surface area contributed by atoms with Crippen LogP contribution in [0.2, 0.25) is 0 Å². The van der Waals surface area contributed by atoms with Gasteiger partial charge in [-0.15, -0.1) is 0 Å². The van der Waals surface area contributed by atoms with Crippen molar-refractivity contribution >= 4 is 11.9 Å². The Balaban J connectivity index is 2.04. The molecule has 2 rings (SSSR count). The number of carbonyl (C=O) groups excluding carboxylic acids is 1. The van der Waals surface area contributed by atoms with E-state index >= 15 is 0 Å². The van der Waals surface area contributed by atoms with Gasteiger partial charge in [-0.05, 0) is 24.8 Å². The minimum atomic E-state index is -0.859. The topological polar surface area (TPSA) is 92.4 Å². The van der Waals surface area contributed by atoms with Crippen molar-refractivity contribution in [3.05, 3.63) is 35.9 Å².